The predicted octanol–water partition coefficient (Wildman–Crippen LogP) is 5.40. The Kier molecular flexibility index (Phi) is 6.88. The quantitative estimate of drug-likeness (QED) is 0.306. The third-order valence-corrected chi connectivity index (χ3v) is 7.60. The van der Waals surface area contributed by atoms with E-state index in [1.54, 1.807) is 12.3 Å². The second kappa shape index (κ2) is 10.8. The van der Waals surface area contributed by atoms with Gasteiger partial charge in [0, 0.05) is 67.2 Å². The summed E-state index contributed by atoms with van der Waals surface area (Å²) in [5, 5.41) is 10.9. The topological polar surface area (TPSA) is 95.6 Å². The maximum Gasteiger partial charge on any atom is 0.267 e. The lowest BCUT2D eigenvalue weighted by Crippen LogP contribution is -2.45. The van der Waals surface area contributed by atoms with E-state index >= 15 is 0 Å². The average Bonchev–Trinajstić information content (AvgIpc) is 2.99. The molecule has 0 unspecified atom stereocenters. The second-order valence-corrected chi connectivity index (χ2v) is 10.3. The van der Waals surface area contributed by atoms with Crippen molar-refractivity contribution in [2.24, 2.45) is 5.73 Å². The van der Waals surface area contributed by atoms with Gasteiger partial charge in [0.15, 0.2) is 0 Å². The first-order valence-electron chi connectivity index (χ1n) is 13.5. The number of pyridine rings is 2. The van der Waals surface area contributed by atoms with Crippen molar-refractivity contribution in [1.29, 1.82) is 0 Å². The molecule has 0 spiro atoms. The van der Waals surface area contributed by atoms with Crippen LogP contribution in [0.15, 0.2) is 91.1 Å². The van der Waals surface area contributed by atoms with Crippen molar-refractivity contribution in [3.05, 3.63) is 108 Å². The summed E-state index contributed by atoms with van der Waals surface area (Å²) in [6, 6.07) is 28.4. The number of primary amides is 1. The minimum absolute atomic E-state index is 0.202. The number of amides is 1. The van der Waals surface area contributed by atoms with Crippen LogP contribution in [-0.2, 0) is 6.54 Å². The van der Waals surface area contributed by atoms with Crippen LogP contribution < -0.4 is 10.6 Å². The molecule has 1 saturated heterocycles. The molecule has 1 amide bonds. The van der Waals surface area contributed by atoms with Crippen LogP contribution in [0, 0.1) is 6.92 Å². The van der Waals surface area contributed by atoms with E-state index in [1.807, 2.05) is 37.3 Å². The van der Waals surface area contributed by atoms with E-state index in [0.717, 1.165) is 71.7 Å². The molecule has 2 aromatic heterocycles. The Morgan fingerprint density at radius 1 is 0.900 bits per heavy atom. The average molecular weight is 530 g/mol. The molecule has 40 heavy (non-hydrogen) atoms. The van der Waals surface area contributed by atoms with Gasteiger partial charge in [-0.05, 0) is 41.8 Å². The largest absolute Gasteiger partial charge is 0.508 e. The predicted molar refractivity (Wildman–Crippen MR) is 159 cm³/mol. The third kappa shape index (κ3) is 5.24. The van der Waals surface area contributed by atoms with Gasteiger partial charge in [0.25, 0.3) is 5.91 Å². The number of nitrogens with two attached hydrogens (primary N) is 1. The van der Waals surface area contributed by atoms with Gasteiger partial charge >= 0.3 is 0 Å². The number of fused-ring (bicyclic) bond motifs is 1. The number of aryl methyl sites for hydroxylation is 1. The molecule has 7 nitrogen and oxygen atoms in total. The zero-order chi connectivity index (χ0) is 27.6. The van der Waals surface area contributed by atoms with Gasteiger partial charge in [-0.2, -0.15) is 0 Å². The van der Waals surface area contributed by atoms with E-state index in [9.17, 15) is 9.90 Å². The number of anilines is 1. The van der Waals surface area contributed by atoms with Crippen molar-refractivity contribution in [3.8, 4) is 28.1 Å². The van der Waals surface area contributed by atoms with Crippen LogP contribution in [0.3, 0.4) is 0 Å². The molecule has 0 bridgehead atoms. The molecular formula is C33H31N5O2. The van der Waals surface area contributed by atoms with Crippen molar-refractivity contribution in [3.63, 3.8) is 0 Å². The zero-order valence-corrected chi connectivity index (χ0v) is 22.4. The Labute approximate surface area is 233 Å². The number of hydrogen-bond donors (Lipinski definition) is 2. The minimum Gasteiger partial charge on any atom is -0.508 e. The zero-order valence-electron chi connectivity index (χ0n) is 22.4. The lowest BCUT2D eigenvalue weighted by atomic mass is 9.97. The summed E-state index contributed by atoms with van der Waals surface area (Å²) in [6.45, 7) is 6.54. The first-order valence-corrected chi connectivity index (χ1v) is 13.5. The van der Waals surface area contributed by atoms with Crippen molar-refractivity contribution in [2.75, 3.05) is 31.1 Å². The van der Waals surface area contributed by atoms with Crippen LogP contribution in [0.5, 0.6) is 5.75 Å². The Morgan fingerprint density at radius 3 is 2.35 bits per heavy atom. The molecule has 7 heteroatoms. The van der Waals surface area contributed by atoms with E-state index in [-0.39, 0.29) is 5.69 Å². The number of aromatic nitrogens is 2. The second-order valence-electron chi connectivity index (χ2n) is 10.3. The first-order chi connectivity index (χ1) is 19.4. The van der Waals surface area contributed by atoms with E-state index in [2.05, 4.69) is 63.3 Å². The van der Waals surface area contributed by atoms with E-state index in [1.165, 1.54) is 5.56 Å². The summed E-state index contributed by atoms with van der Waals surface area (Å²) in [7, 11) is 0. The molecule has 0 atom stereocenters. The summed E-state index contributed by atoms with van der Waals surface area (Å²) in [6.07, 6.45) is 1.66. The third-order valence-electron chi connectivity index (χ3n) is 7.60. The number of rotatable bonds is 6. The number of nitrogens with zero attached hydrogens (tertiary/aromatic N) is 4. The molecule has 1 aliphatic rings. The molecule has 6 rings (SSSR count). The highest BCUT2D eigenvalue weighted by molar-refractivity contribution is 5.97. The van der Waals surface area contributed by atoms with Crippen LogP contribution in [0.2, 0.25) is 0 Å². The molecule has 0 aliphatic carbocycles. The Balaban J connectivity index is 1.23. The first kappa shape index (κ1) is 25.5. The van der Waals surface area contributed by atoms with Gasteiger partial charge in [0.1, 0.15) is 11.4 Å². The van der Waals surface area contributed by atoms with Crippen LogP contribution in [0.25, 0.3) is 33.3 Å². The standard InChI is InChI=1S/C33H31N5O2/c1-22-7-12-27(18-31(22)39)38-15-13-37(14-16-38)21-23-8-10-25(11-9-23)32-28(24-5-3-2-4-6-24)17-26-20-35-30(33(34)40)19-29(26)36-32/h2-12,17-20,39H,13-16,21H2,1H3,(H2,34,40). The minimum atomic E-state index is -0.570. The van der Waals surface area contributed by atoms with Crippen LogP contribution in [0.4, 0.5) is 5.69 Å². The van der Waals surface area contributed by atoms with Gasteiger partial charge in [0.05, 0.1) is 11.2 Å². The number of carbonyl (C=O) groups excluding carboxylic acids is 1. The van der Waals surface area contributed by atoms with Crippen molar-refractivity contribution < 1.29 is 9.90 Å². The number of carbonyl (C=O) groups is 1. The number of piperazine rings is 1. The smallest absolute Gasteiger partial charge is 0.267 e. The Hall–Kier alpha value is -4.75. The summed E-state index contributed by atoms with van der Waals surface area (Å²) in [4.78, 5) is 25.7. The summed E-state index contributed by atoms with van der Waals surface area (Å²) >= 11 is 0. The number of hydrogen-bond acceptors (Lipinski definition) is 6. The maximum atomic E-state index is 11.7. The number of phenolic OH excluding ortho intramolecular Hbond substituents is 1. The fraction of sp³-hybridized carbons (Fsp3) is 0.182. The van der Waals surface area contributed by atoms with Crippen LogP contribution >= 0.6 is 0 Å². The molecule has 1 aliphatic heterocycles. The maximum absolute atomic E-state index is 11.7. The summed E-state index contributed by atoms with van der Waals surface area (Å²) in [5.74, 6) is -0.221. The number of phenols is 1. The molecule has 0 radical (unpaired) electrons. The van der Waals surface area contributed by atoms with Gasteiger partial charge < -0.3 is 15.7 Å². The Bertz CT molecular complexity index is 1680. The monoisotopic (exact) mass is 529 g/mol. The van der Waals surface area contributed by atoms with Crippen molar-refractivity contribution >= 4 is 22.5 Å². The lowest BCUT2D eigenvalue weighted by molar-refractivity contribution is 0.0995. The van der Waals surface area contributed by atoms with Gasteiger partial charge in [0.2, 0.25) is 0 Å². The highest BCUT2D eigenvalue weighted by Crippen LogP contribution is 2.34. The molecule has 1 fully saturated rings. The number of aromatic hydroxyl groups is 1. The van der Waals surface area contributed by atoms with Crippen LogP contribution in [0.1, 0.15) is 21.6 Å². The SMILES string of the molecule is Cc1ccc(N2CCN(Cc3ccc(-c4nc5cc(C(N)=O)ncc5cc4-c4ccccc4)cc3)CC2)cc1O. The molecule has 0 saturated carbocycles. The van der Waals surface area contributed by atoms with Gasteiger partial charge in [-0.1, -0.05) is 60.7 Å². The Morgan fingerprint density at radius 2 is 1.65 bits per heavy atom. The lowest BCUT2D eigenvalue weighted by Gasteiger charge is -2.36. The van der Waals surface area contributed by atoms with Crippen molar-refractivity contribution in [1.82, 2.24) is 14.9 Å². The highest BCUT2D eigenvalue weighted by Gasteiger charge is 2.19. The molecule has 3 heterocycles. The normalized spacial score (nSPS) is 14.0. The number of benzene rings is 3. The highest BCUT2D eigenvalue weighted by atomic mass is 16.3. The molecule has 3 N–H and O–H groups in total. The fourth-order valence-corrected chi connectivity index (χ4v) is 5.25. The molecule has 3 aromatic carbocycles. The van der Waals surface area contributed by atoms with Crippen LogP contribution in [-0.4, -0.2) is 52.1 Å². The van der Waals surface area contributed by atoms with Crippen molar-refractivity contribution in [2.45, 2.75) is 13.5 Å². The molecule has 200 valence electrons. The molecule has 5 aromatic rings. The van der Waals surface area contributed by atoms with Gasteiger partial charge in [-0.25, -0.2) is 4.98 Å². The fourth-order valence-electron chi connectivity index (χ4n) is 5.25. The van der Waals surface area contributed by atoms with E-state index in [4.69, 9.17) is 10.7 Å². The summed E-state index contributed by atoms with van der Waals surface area (Å²) in [5.41, 5.74) is 13.5. The van der Waals surface area contributed by atoms with Gasteiger partial charge in [-0.3, -0.25) is 14.7 Å². The van der Waals surface area contributed by atoms with Gasteiger partial charge in [-0.15, -0.1) is 0 Å². The van der Waals surface area contributed by atoms with E-state index in [0.29, 0.717) is 11.3 Å². The summed E-state index contributed by atoms with van der Waals surface area (Å²) < 4.78 is 0. The van der Waals surface area contributed by atoms with E-state index < -0.39 is 5.91 Å². The molecular weight excluding hydrogens is 498 g/mol.